The van der Waals surface area contributed by atoms with E-state index in [1.807, 2.05) is 16.7 Å². The third-order valence-corrected chi connectivity index (χ3v) is 5.65. The predicted molar refractivity (Wildman–Crippen MR) is 117 cm³/mol. The highest BCUT2D eigenvalue weighted by molar-refractivity contribution is 7.16. The van der Waals surface area contributed by atoms with Crippen molar-refractivity contribution in [3.63, 3.8) is 0 Å². The summed E-state index contributed by atoms with van der Waals surface area (Å²) >= 11 is 1.37. The molecule has 1 amide bonds. The summed E-state index contributed by atoms with van der Waals surface area (Å²) in [6, 6.07) is 9.01. The van der Waals surface area contributed by atoms with E-state index in [0.29, 0.717) is 34.3 Å². The Hall–Kier alpha value is -3.26. The third kappa shape index (κ3) is 4.18. The Labute approximate surface area is 178 Å². The summed E-state index contributed by atoms with van der Waals surface area (Å²) in [4.78, 5) is 17.7. The predicted octanol–water partition coefficient (Wildman–Crippen LogP) is 3.59. The molecule has 0 saturated heterocycles. The fourth-order valence-electron chi connectivity index (χ4n) is 3.14. The van der Waals surface area contributed by atoms with Gasteiger partial charge in [-0.05, 0) is 18.2 Å². The molecule has 30 heavy (non-hydrogen) atoms. The third-order valence-electron chi connectivity index (χ3n) is 4.56. The lowest BCUT2D eigenvalue weighted by molar-refractivity contribution is -0.117. The normalized spacial score (nSPS) is 11.4. The van der Waals surface area contributed by atoms with Crippen LogP contribution in [0.3, 0.4) is 0 Å². The Balaban J connectivity index is 2.08. The Morgan fingerprint density at radius 3 is 2.37 bits per heavy atom. The van der Waals surface area contributed by atoms with Gasteiger partial charge in [-0.1, -0.05) is 23.5 Å². The van der Waals surface area contributed by atoms with Gasteiger partial charge in [-0.15, -0.1) is 6.58 Å². The number of rotatable bonds is 8. The molecular formula is C22H24N2O5S. The zero-order chi connectivity index (χ0) is 21.7. The van der Waals surface area contributed by atoms with Crippen LogP contribution in [0.4, 0.5) is 0 Å². The summed E-state index contributed by atoms with van der Waals surface area (Å²) in [7, 11) is 6.35. The van der Waals surface area contributed by atoms with Gasteiger partial charge in [0.05, 0.1) is 34.9 Å². The van der Waals surface area contributed by atoms with Crippen molar-refractivity contribution in [1.82, 2.24) is 4.57 Å². The van der Waals surface area contributed by atoms with Crippen LogP contribution in [0.25, 0.3) is 10.2 Å². The zero-order valence-electron chi connectivity index (χ0n) is 17.4. The molecule has 0 aliphatic heterocycles. The number of allylic oxidation sites excluding steroid dienone is 1. The van der Waals surface area contributed by atoms with E-state index in [1.165, 1.54) is 11.3 Å². The van der Waals surface area contributed by atoms with Crippen molar-refractivity contribution in [2.45, 2.75) is 13.0 Å². The molecule has 0 aliphatic carbocycles. The van der Waals surface area contributed by atoms with Crippen molar-refractivity contribution in [3.8, 4) is 23.0 Å². The number of thiazole rings is 1. The first-order chi connectivity index (χ1) is 14.6. The van der Waals surface area contributed by atoms with Crippen LogP contribution in [0.1, 0.15) is 5.56 Å². The van der Waals surface area contributed by atoms with Crippen LogP contribution < -0.4 is 23.7 Å². The van der Waals surface area contributed by atoms with Crippen LogP contribution in [0, 0.1) is 0 Å². The Kier molecular flexibility index (Phi) is 6.79. The van der Waals surface area contributed by atoms with Gasteiger partial charge >= 0.3 is 0 Å². The van der Waals surface area contributed by atoms with Crippen molar-refractivity contribution in [3.05, 3.63) is 53.4 Å². The molecular weight excluding hydrogens is 404 g/mol. The number of hydrogen-bond donors (Lipinski definition) is 0. The monoisotopic (exact) mass is 428 g/mol. The lowest BCUT2D eigenvalue weighted by Gasteiger charge is -2.09. The molecule has 1 aromatic heterocycles. The average molecular weight is 429 g/mol. The van der Waals surface area contributed by atoms with E-state index in [0.717, 1.165) is 15.8 Å². The fourth-order valence-corrected chi connectivity index (χ4v) is 4.31. The minimum absolute atomic E-state index is 0.101. The highest BCUT2D eigenvalue weighted by Gasteiger charge is 2.16. The number of carbonyl (C=O) groups is 1. The summed E-state index contributed by atoms with van der Waals surface area (Å²) in [5.74, 6) is 2.32. The van der Waals surface area contributed by atoms with Crippen LogP contribution >= 0.6 is 11.3 Å². The first-order valence-electron chi connectivity index (χ1n) is 9.19. The molecule has 0 spiro atoms. The summed E-state index contributed by atoms with van der Waals surface area (Å²) in [5, 5.41) is 0. The number of fused-ring (bicyclic) bond motifs is 1. The molecule has 0 N–H and O–H groups in total. The van der Waals surface area contributed by atoms with Crippen LogP contribution in [-0.2, 0) is 17.8 Å². The molecule has 8 heteroatoms. The zero-order valence-corrected chi connectivity index (χ0v) is 18.2. The van der Waals surface area contributed by atoms with Gasteiger partial charge in [-0.2, -0.15) is 4.99 Å². The van der Waals surface area contributed by atoms with E-state index >= 15 is 0 Å². The number of aromatic nitrogens is 1. The summed E-state index contributed by atoms with van der Waals surface area (Å²) in [5.41, 5.74) is 1.55. The molecule has 1 heterocycles. The topological polar surface area (TPSA) is 71.3 Å². The van der Waals surface area contributed by atoms with E-state index in [9.17, 15) is 4.79 Å². The van der Waals surface area contributed by atoms with E-state index in [2.05, 4.69) is 11.6 Å². The Morgan fingerprint density at radius 1 is 1.03 bits per heavy atom. The Morgan fingerprint density at radius 2 is 1.73 bits per heavy atom. The minimum Gasteiger partial charge on any atom is -0.497 e. The number of amides is 1. The van der Waals surface area contributed by atoms with Gasteiger partial charge in [0.15, 0.2) is 4.80 Å². The quantitative estimate of drug-likeness (QED) is 0.513. The molecule has 3 rings (SSSR count). The number of carbonyl (C=O) groups excluding carboxylic acids is 1. The van der Waals surface area contributed by atoms with Crippen molar-refractivity contribution in [1.29, 1.82) is 0 Å². The molecule has 2 aromatic carbocycles. The molecule has 0 radical (unpaired) electrons. The van der Waals surface area contributed by atoms with Crippen molar-refractivity contribution in [2.24, 2.45) is 4.99 Å². The first kappa shape index (κ1) is 21.4. The molecule has 7 nitrogen and oxygen atoms in total. The van der Waals surface area contributed by atoms with E-state index in [-0.39, 0.29) is 12.3 Å². The molecule has 0 aliphatic rings. The van der Waals surface area contributed by atoms with E-state index in [4.69, 9.17) is 18.9 Å². The van der Waals surface area contributed by atoms with Gasteiger partial charge in [0.2, 0.25) is 0 Å². The first-order valence-corrected chi connectivity index (χ1v) is 10.0. The number of benzene rings is 2. The van der Waals surface area contributed by atoms with Crippen molar-refractivity contribution >= 4 is 27.5 Å². The lowest BCUT2D eigenvalue weighted by atomic mass is 10.1. The van der Waals surface area contributed by atoms with Crippen molar-refractivity contribution < 1.29 is 23.7 Å². The standard InChI is InChI=1S/C22H24N2O5S/c1-6-11-24-20-16(27-3)9-10-17(28-4)21(20)30-22(24)23-19(25)12-14-7-8-15(26-2)13-18(14)29-5/h6-10,13H,1,11-12H2,2-5H3. The van der Waals surface area contributed by atoms with Crippen molar-refractivity contribution in [2.75, 3.05) is 28.4 Å². The summed E-state index contributed by atoms with van der Waals surface area (Å²) < 4.78 is 24.4. The fraction of sp³-hybridized carbons (Fsp3) is 0.273. The molecule has 0 unspecified atom stereocenters. The summed E-state index contributed by atoms with van der Waals surface area (Å²) in [6.07, 6.45) is 1.85. The number of nitrogens with zero attached hydrogens (tertiary/aromatic N) is 2. The molecule has 0 bridgehead atoms. The SMILES string of the molecule is C=CCn1c(=NC(=O)Cc2ccc(OC)cc2OC)sc2c(OC)ccc(OC)c21. The van der Waals surface area contributed by atoms with Gasteiger partial charge in [0, 0.05) is 18.2 Å². The molecule has 3 aromatic rings. The smallest absolute Gasteiger partial charge is 0.252 e. The largest absolute Gasteiger partial charge is 0.497 e. The second-order valence-electron chi connectivity index (χ2n) is 6.29. The number of methoxy groups -OCH3 is 4. The van der Waals surface area contributed by atoms with Gasteiger partial charge < -0.3 is 23.5 Å². The van der Waals surface area contributed by atoms with Crippen LogP contribution in [0.15, 0.2) is 48.0 Å². The second-order valence-corrected chi connectivity index (χ2v) is 7.27. The molecule has 0 saturated carbocycles. The second kappa shape index (κ2) is 9.49. The maximum Gasteiger partial charge on any atom is 0.252 e. The van der Waals surface area contributed by atoms with Gasteiger partial charge in [-0.25, -0.2) is 0 Å². The number of ether oxygens (including phenoxy) is 4. The molecule has 0 atom stereocenters. The van der Waals surface area contributed by atoms with E-state index < -0.39 is 0 Å². The highest BCUT2D eigenvalue weighted by atomic mass is 32.1. The lowest BCUT2D eigenvalue weighted by Crippen LogP contribution is -2.17. The van der Waals surface area contributed by atoms with Gasteiger partial charge in [-0.3, -0.25) is 4.79 Å². The average Bonchev–Trinajstić information content (AvgIpc) is 3.11. The minimum atomic E-state index is -0.291. The number of hydrogen-bond acceptors (Lipinski definition) is 6. The summed E-state index contributed by atoms with van der Waals surface area (Å²) in [6.45, 7) is 4.30. The molecule has 0 fully saturated rings. The van der Waals surface area contributed by atoms with Gasteiger partial charge in [0.25, 0.3) is 5.91 Å². The highest BCUT2D eigenvalue weighted by Crippen LogP contribution is 2.35. The molecule has 158 valence electrons. The maximum atomic E-state index is 12.8. The maximum absolute atomic E-state index is 12.8. The van der Waals surface area contributed by atoms with Gasteiger partial charge in [0.1, 0.15) is 33.2 Å². The van der Waals surface area contributed by atoms with Crippen LogP contribution in [0.2, 0.25) is 0 Å². The Bertz CT molecular complexity index is 1150. The van der Waals surface area contributed by atoms with E-state index in [1.54, 1.807) is 52.7 Å². The van der Waals surface area contributed by atoms with Crippen LogP contribution in [0.5, 0.6) is 23.0 Å². The van der Waals surface area contributed by atoms with Crippen LogP contribution in [-0.4, -0.2) is 38.9 Å².